The van der Waals surface area contributed by atoms with Crippen molar-refractivity contribution >= 4 is 11.8 Å². The van der Waals surface area contributed by atoms with Crippen LogP contribution < -0.4 is 5.32 Å². The maximum absolute atomic E-state index is 12.4. The van der Waals surface area contributed by atoms with Gasteiger partial charge in [-0.3, -0.25) is 9.59 Å². The fourth-order valence-electron chi connectivity index (χ4n) is 3.37. The summed E-state index contributed by atoms with van der Waals surface area (Å²) in [7, 11) is 0. The van der Waals surface area contributed by atoms with Crippen LogP contribution in [0.3, 0.4) is 0 Å². The summed E-state index contributed by atoms with van der Waals surface area (Å²) >= 11 is 0. The highest BCUT2D eigenvalue weighted by atomic mass is 16.2. The Bertz CT molecular complexity index is 391. The van der Waals surface area contributed by atoms with Crippen LogP contribution in [0.15, 0.2) is 0 Å². The molecule has 2 atom stereocenters. The molecule has 3 rings (SSSR count). The maximum Gasteiger partial charge on any atom is 0.225 e. The number of amides is 2. The van der Waals surface area contributed by atoms with E-state index in [0.29, 0.717) is 11.8 Å². The number of carbonyl (C=O) groups is 2. The Kier molecular flexibility index (Phi) is 4.12. The van der Waals surface area contributed by atoms with Crippen molar-refractivity contribution in [1.29, 1.82) is 0 Å². The predicted molar refractivity (Wildman–Crippen MR) is 79.0 cm³/mol. The summed E-state index contributed by atoms with van der Waals surface area (Å²) in [6.45, 7) is 11.6. The van der Waals surface area contributed by atoms with E-state index in [1.807, 2.05) is 18.7 Å². The highest BCUT2D eigenvalue weighted by Crippen LogP contribution is 2.46. The summed E-state index contributed by atoms with van der Waals surface area (Å²) in [5.41, 5.74) is -0.131. The Balaban J connectivity index is 1.93. The molecule has 4 nitrogen and oxygen atoms in total. The van der Waals surface area contributed by atoms with Crippen molar-refractivity contribution in [2.45, 2.75) is 53.0 Å². The van der Waals surface area contributed by atoms with Crippen LogP contribution >= 0.6 is 0 Å². The molecule has 3 aliphatic rings. The van der Waals surface area contributed by atoms with E-state index >= 15 is 0 Å². The zero-order valence-electron chi connectivity index (χ0n) is 13.4. The molecule has 0 spiro atoms. The Morgan fingerprint density at radius 2 is 1.80 bits per heavy atom. The molecule has 1 saturated carbocycles. The first-order valence-corrected chi connectivity index (χ1v) is 7.86. The molecule has 2 saturated heterocycles. The van der Waals surface area contributed by atoms with Crippen LogP contribution in [0.2, 0.25) is 0 Å². The number of nitrogens with zero attached hydrogens (tertiary/aromatic N) is 1. The monoisotopic (exact) mass is 280 g/mol. The fraction of sp³-hybridized carbons (Fsp3) is 0.875. The van der Waals surface area contributed by atoms with E-state index < -0.39 is 0 Å². The molecule has 1 N–H and O–H groups in total. The van der Waals surface area contributed by atoms with E-state index in [9.17, 15) is 9.59 Å². The molecule has 0 aromatic heterocycles. The molecular formula is C16H28N2O2. The van der Waals surface area contributed by atoms with E-state index in [1.54, 1.807) is 0 Å². The summed E-state index contributed by atoms with van der Waals surface area (Å²) in [5, 5.41) is 3.16. The highest BCUT2D eigenvalue weighted by molar-refractivity contribution is 5.82. The number of hydrogen-bond donors (Lipinski definition) is 1. The van der Waals surface area contributed by atoms with Crippen molar-refractivity contribution < 1.29 is 9.59 Å². The summed E-state index contributed by atoms with van der Waals surface area (Å²) in [5.74, 6) is 1.33. The lowest BCUT2D eigenvalue weighted by atomic mass is 9.61. The molecule has 0 radical (unpaired) electrons. The van der Waals surface area contributed by atoms with Crippen LogP contribution in [-0.2, 0) is 9.59 Å². The molecule has 1 aliphatic carbocycles. The average molecular weight is 280 g/mol. The highest BCUT2D eigenvalue weighted by Gasteiger charge is 2.51. The molecule has 114 valence electrons. The SMILES string of the molecule is CCC(C)(C)NC(=O)C1C2CC1CN(C(=O)C(C)C)C2. The quantitative estimate of drug-likeness (QED) is 0.856. The van der Waals surface area contributed by atoms with Crippen molar-refractivity contribution in [2.75, 3.05) is 13.1 Å². The standard InChI is InChI=1S/C16H28N2O2/c1-6-16(4,5)17-14(19)13-11-7-12(13)9-18(8-11)15(20)10(2)3/h10-13H,6-9H2,1-5H3,(H,17,19). The van der Waals surface area contributed by atoms with Crippen molar-refractivity contribution in [3.63, 3.8) is 0 Å². The van der Waals surface area contributed by atoms with Gasteiger partial charge in [0.1, 0.15) is 0 Å². The van der Waals surface area contributed by atoms with Gasteiger partial charge in [-0.25, -0.2) is 0 Å². The third-order valence-electron chi connectivity index (χ3n) is 4.98. The second-order valence-corrected chi connectivity index (χ2v) is 7.41. The van der Waals surface area contributed by atoms with Gasteiger partial charge in [0.2, 0.25) is 11.8 Å². The normalized spacial score (nSPS) is 29.1. The van der Waals surface area contributed by atoms with Crippen LogP contribution in [0.1, 0.15) is 47.5 Å². The van der Waals surface area contributed by atoms with E-state index in [0.717, 1.165) is 25.9 Å². The van der Waals surface area contributed by atoms with Gasteiger partial charge in [0, 0.05) is 30.5 Å². The molecular weight excluding hydrogens is 252 g/mol. The minimum atomic E-state index is -0.131. The van der Waals surface area contributed by atoms with E-state index in [4.69, 9.17) is 0 Å². The molecule has 2 aliphatic heterocycles. The van der Waals surface area contributed by atoms with Crippen molar-refractivity contribution in [2.24, 2.45) is 23.7 Å². The number of piperidine rings is 2. The third kappa shape index (κ3) is 2.84. The Morgan fingerprint density at radius 1 is 1.25 bits per heavy atom. The maximum atomic E-state index is 12.4. The van der Waals surface area contributed by atoms with Crippen LogP contribution in [0.4, 0.5) is 0 Å². The molecule has 3 fully saturated rings. The molecule has 2 bridgehead atoms. The predicted octanol–water partition coefficient (Wildman–Crippen LogP) is 2.04. The molecule has 0 aromatic rings. The summed E-state index contributed by atoms with van der Waals surface area (Å²) in [4.78, 5) is 26.4. The molecule has 2 amide bonds. The molecule has 0 aromatic carbocycles. The smallest absolute Gasteiger partial charge is 0.225 e. The molecule has 20 heavy (non-hydrogen) atoms. The molecule has 2 heterocycles. The molecule has 4 heteroatoms. The van der Waals surface area contributed by atoms with Gasteiger partial charge >= 0.3 is 0 Å². The van der Waals surface area contributed by atoms with Gasteiger partial charge in [0.05, 0.1) is 0 Å². The fourth-order valence-corrected chi connectivity index (χ4v) is 3.37. The van der Waals surface area contributed by atoms with Gasteiger partial charge in [0.15, 0.2) is 0 Å². The van der Waals surface area contributed by atoms with Crippen molar-refractivity contribution in [3.8, 4) is 0 Å². The summed E-state index contributed by atoms with van der Waals surface area (Å²) in [6.07, 6.45) is 2.03. The zero-order valence-corrected chi connectivity index (χ0v) is 13.4. The first-order chi connectivity index (χ1) is 9.25. The topological polar surface area (TPSA) is 49.4 Å². The first kappa shape index (κ1) is 15.3. The largest absolute Gasteiger partial charge is 0.351 e. The zero-order chi connectivity index (χ0) is 15.1. The Hall–Kier alpha value is -1.06. The number of fused-ring (bicyclic) bond motifs is 2. The lowest BCUT2D eigenvalue weighted by Crippen LogP contribution is -2.62. The van der Waals surface area contributed by atoms with Gasteiger partial charge in [0.25, 0.3) is 0 Å². The van der Waals surface area contributed by atoms with Gasteiger partial charge in [-0.05, 0) is 38.5 Å². The summed E-state index contributed by atoms with van der Waals surface area (Å²) < 4.78 is 0. The number of rotatable bonds is 4. The van der Waals surface area contributed by atoms with Crippen LogP contribution in [-0.4, -0.2) is 35.3 Å². The van der Waals surface area contributed by atoms with Gasteiger partial charge in [-0.15, -0.1) is 0 Å². The number of carbonyl (C=O) groups excluding carboxylic acids is 2. The minimum absolute atomic E-state index is 0.0544. The second kappa shape index (κ2) is 5.38. The van der Waals surface area contributed by atoms with Crippen LogP contribution in [0.25, 0.3) is 0 Å². The lowest BCUT2D eigenvalue weighted by molar-refractivity contribution is -0.155. The van der Waals surface area contributed by atoms with Crippen LogP contribution in [0.5, 0.6) is 0 Å². The van der Waals surface area contributed by atoms with Crippen molar-refractivity contribution in [3.05, 3.63) is 0 Å². The average Bonchev–Trinajstić information content (AvgIpc) is 2.36. The molecule has 2 unspecified atom stereocenters. The Labute approximate surface area is 122 Å². The Morgan fingerprint density at radius 3 is 2.25 bits per heavy atom. The minimum Gasteiger partial charge on any atom is -0.351 e. The van der Waals surface area contributed by atoms with E-state index in [-0.39, 0.29) is 29.2 Å². The summed E-state index contributed by atoms with van der Waals surface area (Å²) in [6, 6.07) is 0. The second-order valence-electron chi connectivity index (χ2n) is 7.41. The van der Waals surface area contributed by atoms with E-state index in [1.165, 1.54) is 0 Å². The van der Waals surface area contributed by atoms with Gasteiger partial charge in [-0.2, -0.15) is 0 Å². The van der Waals surface area contributed by atoms with Crippen LogP contribution in [0, 0.1) is 23.7 Å². The number of hydrogen-bond acceptors (Lipinski definition) is 2. The lowest BCUT2D eigenvalue weighted by Gasteiger charge is -2.53. The van der Waals surface area contributed by atoms with Crippen molar-refractivity contribution in [1.82, 2.24) is 10.2 Å². The number of nitrogens with one attached hydrogen (secondary N) is 1. The first-order valence-electron chi connectivity index (χ1n) is 7.86. The van der Waals surface area contributed by atoms with Gasteiger partial charge < -0.3 is 10.2 Å². The van der Waals surface area contributed by atoms with E-state index in [2.05, 4.69) is 26.1 Å². The van der Waals surface area contributed by atoms with Gasteiger partial charge in [-0.1, -0.05) is 20.8 Å². The third-order valence-corrected chi connectivity index (χ3v) is 4.98.